The number of benzene rings is 5. The Morgan fingerprint density at radius 1 is 0.610 bits per heavy atom. The molecular weight excluding hydrogens is 1590 g/mol. The van der Waals surface area contributed by atoms with Crippen molar-refractivity contribution in [3.05, 3.63) is 203 Å². The average molecular weight is 1680 g/mol. The van der Waals surface area contributed by atoms with E-state index >= 15 is 0 Å². The van der Waals surface area contributed by atoms with Crippen molar-refractivity contribution in [1.29, 1.82) is 0 Å². The molecule has 3 heterocycles. The number of nitrogens with one attached hydrogen (secondary N) is 6. The van der Waals surface area contributed by atoms with Crippen molar-refractivity contribution < 1.29 is 126 Å². The number of aliphatic carboxylic acids is 1. The number of rotatable bonds is 38. The summed E-state index contributed by atoms with van der Waals surface area (Å²) in [5.41, 5.74) is -0.0618. The van der Waals surface area contributed by atoms with Gasteiger partial charge in [0.1, 0.15) is 86.0 Å². The van der Waals surface area contributed by atoms with Crippen LogP contribution in [0.4, 0.5) is 0 Å². The van der Waals surface area contributed by atoms with Gasteiger partial charge in [-0.25, -0.2) is 24.0 Å². The SMILES string of the molecule is COc1c(Cl)cc(C(=CCCNC(=O)COCCOCC(=O)NCCNC(=O)C2CC(NC(=O)c3cc(=O)[nH]c(=O)[nH]3)C(OC3OC(C)C(O)C(O)C3O)C(OC3OC(CO)C(O)C(O[C@@H](CC4CCCCC4)C(=O)O)C3OC(=O)c3ccccc3)C2)c2cc(Cl)c(OC)c(C(=O)OCc3ccccc3)c2)cc1C(=O)OCc1ccccc1. The van der Waals surface area contributed by atoms with Crippen molar-refractivity contribution in [2.75, 3.05) is 66.9 Å². The average Bonchev–Trinajstić information content (AvgIpc) is 0.771. The Labute approximate surface area is 687 Å². The van der Waals surface area contributed by atoms with Gasteiger partial charge in [-0.3, -0.25) is 29.0 Å². The molecule has 636 valence electrons. The summed E-state index contributed by atoms with van der Waals surface area (Å²) in [7, 11) is 2.70. The normalized spacial score (nSPS) is 23.4. The zero-order valence-electron chi connectivity index (χ0n) is 64.7. The van der Waals surface area contributed by atoms with Crippen LogP contribution in [0.1, 0.15) is 129 Å². The highest BCUT2D eigenvalue weighted by Gasteiger charge is 2.55. The summed E-state index contributed by atoms with van der Waals surface area (Å²) in [5.74, 6) is -8.25. The lowest BCUT2D eigenvalue weighted by Crippen LogP contribution is -2.65. The van der Waals surface area contributed by atoms with E-state index in [0.717, 1.165) is 36.5 Å². The molecule has 4 fully saturated rings. The Kier molecular flexibility index (Phi) is 33.8. The van der Waals surface area contributed by atoms with Gasteiger partial charge >= 0.3 is 29.6 Å². The van der Waals surface area contributed by atoms with E-state index in [-0.39, 0.29) is 109 Å². The molecule has 36 heteroatoms. The van der Waals surface area contributed by atoms with Gasteiger partial charge in [0.15, 0.2) is 36.3 Å². The molecule has 2 saturated carbocycles. The summed E-state index contributed by atoms with van der Waals surface area (Å²) < 4.78 is 71.1. The fraction of sp³-hybridized carbons (Fsp3) is 0.463. The zero-order valence-corrected chi connectivity index (χ0v) is 66.2. The third-order valence-electron chi connectivity index (χ3n) is 20.2. The smallest absolute Gasteiger partial charge is 0.342 e. The third-order valence-corrected chi connectivity index (χ3v) is 20.8. The lowest BCUT2D eigenvalue weighted by Gasteiger charge is -2.48. The van der Waals surface area contributed by atoms with Crippen molar-refractivity contribution in [3.8, 4) is 11.5 Å². The van der Waals surface area contributed by atoms with E-state index in [4.69, 9.17) is 80.0 Å². The van der Waals surface area contributed by atoms with Gasteiger partial charge in [-0.15, -0.1) is 0 Å². The Morgan fingerprint density at radius 2 is 1.18 bits per heavy atom. The van der Waals surface area contributed by atoms with E-state index in [0.29, 0.717) is 29.5 Å². The molecule has 34 nitrogen and oxygen atoms in total. The van der Waals surface area contributed by atoms with Crippen LogP contribution in [-0.4, -0.2) is 241 Å². The van der Waals surface area contributed by atoms with Gasteiger partial charge in [-0.1, -0.05) is 140 Å². The Bertz CT molecular complexity index is 4410. The minimum Gasteiger partial charge on any atom is -0.494 e. The van der Waals surface area contributed by atoms with Crippen molar-refractivity contribution in [3.63, 3.8) is 0 Å². The summed E-state index contributed by atoms with van der Waals surface area (Å²) in [6, 6.07) is 30.9. The number of esters is 3. The van der Waals surface area contributed by atoms with Crippen LogP contribution in [0.25, 0.3) is 5.57 Å². The molecule has 2 aliphatic carbocycles. The molecule has 5 aromatic carbocycles. The molecule has 4 amide bonds. The van der Waals surface area contributed by atoms with Crippen molar-refractivity contribution >= 4 is 76.3 Å². The second-order valence-corrected chi connectivity index (χ2v) is 29.3. The van der Waals surface area contributed by atoms with Crippen LogP contribution in [0.5, 0.6) is 11.5 Å². The summed E-state index contributed by atoms with van der Waals surface area (Å²) >= 11 is 13.6. The first-order chi connectivity index (χ1) is 56.8. The van der Waals surface area contributed by atoms with Gasteiger partial charge in [0.05, 0.1) is 67.9 Å². The number of carbonyl (C=O) groups is 8. The van der Waals surface area contributed by atoms with Gasteiger partial charge in [0.2, 0.25) is 17.7 Å². The molecule has 0 bridgehead atoms. The van der Waals surface area contributed by atoms with Gasteiger partial charge < -0.3 is 114 Å². The lowest BCUT2D eigenvalue weighted by atomic mass is 9.80. The van der Waals surface area contributed by atoms with Crippen LogP contribution in [0.15, 0.2) is 137 Å². The second-order valence-electron chi connectivity index (χ2n) is 28.5. The number of halogens is 2. The molecule has 118 heavy (non-hydrogen) atoms. The molecular formula is C82H96Cl2N6O28. The topological polar surface area (TPSA) is 483 Å². The van der Waals surface area contributed by atoms with E-state index in [2.05, 4.69) is 26.3 Å². The van der Waals surface area contributed by atoms with Gasteiger partial charge in [0.25, 0.3) is 11.5 Å². The van der Waals surface area contributed by atoms with Crippen LogP contribution in [0.3, 0.4) is 0 Å². The summed E-state index contributed by atoms with van der Waals surface area (Å²) in [4.78, 5) is 139. The first-order valence-corrected chi connectivity index (χ1v) is 39.2. The van der Waals surface area contributed by atoms with E-state index < -0.39 is 182 Å². The molecule has 10 rings (SSSR count). The number of ether oxygens (including phenoxy) is 12. The number of carboxylic acids is 1. The van der Waals surface area contributed by atoms with Crippen LogP contribution >= 0.6 is 23.2 Å². The number of carboxylic acid groups (broad SMARTS) is 1. The second kappa shape index (κ2) is 44.1. The fourth-order valence-electron chi connectivity index (χ4n) is 14.2. The van der Waals surface area contributed by atoms with E-state index in [1.807, 2.05) is 17.1 Å². The van der Waals surface area contributed by atoms with Gasteiger partial charge in [-0.2, -0.15) is 0 Å². The lowest BCUT2D eigenvalue weighted by molar-refractivity contribution is -0.347. The Morgan fingerprint density at radius 3 is 1.74 bits per heavy atom. The number of aliphatic hydroxyl groups is 5. The van der Waals surface area contributed by atoms with Gasteiger partial charge in [-0.05, 0) is 103 Å². The summed E-state index contributed by atoms with van der Waals surface area (Å²) in [6.07, 6.45) is -17.8. The van der Waals surface area contributed by atoms with E-state index in [9.17, 15) is 78.6 Å². The molecule has 0 spiro atoms. The van der Waals surface area contributed by atoms with Crippen molar-refractivity contribution in [1.82, 2.24) is 31.2 Å². The predicted molar refractivity (Wildman–Crippen MR) is 418 cm³/mol. The van der Waals surface area contributed by atoms with Crippen LogP contribution in [-0.2, 0) is 79.8 Å². The first kappa shape index (κ1) is 90.3. The highest BCUT2D eigenvalue weighted by Crippen LogP contribution is 2.42. The molecule has 2 aliphatic heterocycles. The molecule has 15 atom stereocenters. The Balaban J connectivity index is 0.784. The van der Waals surface area contributed by atoms with Crippen LogP contribution in [0, 0.1) is 11.8 Å². The molecule has 6 aromatic rings. The maximum atomic E-state index is 14.6. The molecule has 2 saturated heterocycles. The molecule has 12 N–H and O–H groups in total. The monoisotopic (exact) mass is 1680 g/mol. The first-order valence-electron chi connectivity index (χ1n) is 38.4. The highest BCUT2D eigenvalue weighted by molar-refractivity contribution is 6.33. The number of methoxy groups -OCH3 is 2. The number of hydrogen-bond acceptors (Lipinski definition) is 27. The maximum Gasteiger partial charge on any atom is 0.342 e. The van der Waals surface area contributed by atoms with Crippen molar-refractivity contribution in [2.24, 2.45) is 11.8 Å². The number of amides is 4. The molecule has 14 unspecified atom stereocenters. The number of carbonyl (C=O) groups excluding carboxylic acids is 7. The van der Waals surface area contributed by atoms with Gasteiger partial charge in [0, 0.05) is 31.6 Å². The number of H-pyrrole nitrogens is 2. The van der Waals surface area contributed by atoms with E-state index in [1.165, 1.54) is 57.5 Å². The number of aliphatic hydroxyl groups excluding tert-OH is 5. The highest BCUT2D eigenvalue weighted by atomic mass is 35.5. The largest absolute Gasteiger partial charge is 0.494 e. The maximum absolute atomic E-state index is 14.6. The summed E-state index contributed by atoms with van der Waals surface area (Å²) in [5, 5.41) is 77.3. The minimum atomic E-state index is -2.00. The fourth-order valence-corrected chi connectivity index (χ4v) is 14.8. The third kappa shape index (κ3) is 24.8. The molecule has 1 aromatic heterocycles. The van der Waals surface area contributed by atoms with Crippen LogP contribution < -0.4 is 42.0 Å². The standard InChI is InChI=1S/C82H96Cl2N6O28/c1-44-65(95)67(97)68(98)80(113-44)118-71-57(88-75(100)58-38-62(92)90-82(106)89-58)36-51(37-59(71)115-81-73(117-77(103)48-23-14-7-15-24-48)72(66(96)61(39-91)116-81)114-60(76(101)102)31-45-17-8-4-9-18-45)74(99)87-28-27-86-64(94)43-110-30-29-109-42-63(93)85-26-16-25-52(49-32-53(69(107-2)55(83)34-49)78(104)111-40-46-19-10-5-11-20-46)50-33-54(70(108-3)56(84)35-50)79(105)112-41-47-21-12-6-13-22-47/h5-7,10-15,19-25,32-35,38,44-45,51,57,59-61,65-68,71-73,80-81,91,95-98H,4,8-9,16-18,26-31,36-37,39-43H2,1-3H3,(H,85,93)(H,86,94)(H,87,99)(H,88,100)(H,101,102)(H2,89,90,92,106)/t44?,51?,57?,59?,60-,61?,65?,66?,67?,68?,71?,72?,73?,80?,81?/m0/s1. The number of aromatic nitrogens is 2. The number of hydrogen-bond donors (Lipinski definition) is 12. The van der Waals surface area contributed by atoms with Crippen LogP contribution in [0.2, 0.25) is 10.0 Å². The molecule has 0 radical (unpaired) electrons. The quantitative estimate of drug-likeness (QED) is 0.0147. The minimum absolute atomic E-state index is 0.0132. The Hall–Kier alpha value is -10.0. The predicted octanol–water partition coefficient (Wildman–Crippen LogP) is 4.22. The zero-order chi connectivity index (χ0) is 84.5. The molecule has 4 aliphatic rings. The summed E-state index contributed by atoms with van der Waals surface area (Å²) in [6.45, 7) is -1.31. The number of aromatic amines is 2. The van der Waals surface area contributed by atoms with E-state index in [1.54, 1.807) is 72.8 Å². The van der Waals surface area contributed by atoms with Crippen molar-refractivity contribution in [2.45, 2.75) is 164 Å².